The highest BCUT2D eigenvalue weighted by molar-refractivity contribution is 6.32. The first-order valence-electron chi connectivity index (χ1n) is 3.69. The number of urea groups is 1. The zero-order valence-corrected chi connectivity index (χ0v) is 7.56. The third-order valence-electron chi connectivity index (χ3n) is 1.33. The molecule has 0 aromatic carbocycles. The second kappa shape index (κ2) is 3.85. The van der Waals surface area contributed by atoms with Gasteiger partial charge in [-0.25, -0.2) is 16.1 Å². The van der Waals surface area contributed by atoms with E-state index in [-0.39, 0.29) is 6.54 Å². The van der Waals surface area contributed by atoms with Gasteiger partial charge < -0.3 is 5.01 Å². The molecule has 0 radical (unpaired) electrons. The molecule has 0 aromatic rings. The van der Waals surface area contributed by atoms with E-state index in [2.05, 4.69) is 15.6 Å². The summed E-state index contributed by atoms with van der Waals surface area (Å²) in [5.41, 5.74) is 2.85. The van der Waals surface area contributed by atoms with Crippen LogP contribution >= 0.6 is 0 Å². The molecule has 3 N–H and O–H groups in total. The van der Waals surface area contributed by atoms with Crippen LogP contribution in [0.25, 0.3) is 0 Å². The minimum absolute atomic E-state index is 0.267. The molecular weight excluding hydrogens is 172 g/mol. The molecule has 7 nitrogen and oxygen atoms in total. The maximum atomic E-state index is 10.8. The fraction of sp³-hybridized carbons (Fsp3) is 0.500. The largest absolute Gasteiger partial charge is 0.352 e. The molecule has 1 heterocycles. The number of hydrogen-bond donors (Lipinski definition) is 2. The van der Waals surface area contributed by atoms with Crippen molar-refractivity contribution >= 4 is 18.0 Å². The Morgan fingerprint density at radius 3 is 3.00 bits per heavy atom. The Labute approximate surface area is 75.8 Å². The van der Waals surface area contributed by atoms with E-state index in [1.54, 1.807) is 25.3 Å². The number of hydrogen-bond acceptors (Lipinski definition) is 5. The van der Waals surface area contributed by atoms with E-state index in [1.165, 1.54) is 0 Å². The average Bonchev–Trinajstić information content (AvgIpc) is 2.07. The van der Waals surface area contributed by atoms with Gasteiger partial charge >= 0.3 is 6.03 Å². The predicted octanol–water partition coefficient (Wildman–Crippen LogP) is -1.21. The first-order valence-corrected chi connectivity index (χ1v) is 3.69. The van der Waals surface area contributed by atoms with E-state index in [0.717, 1.165) is 5.01 Å². The van der Waals surface area contributed by atoms with Gasteiger partial charge in [0.25, 0.3) is 0 Å². The van der Waals surface area contributed by atoms with Gasteiger partial charge in [-0.1, -0.05) is 0 Å². The lowest BCUT2D eigenvalue weighted by Crippen LogP contribution is -2.50. The highest BCUT2D eigenvalue weighted by atomic mass is 16.2. The summed E-state index contributed by atoms with van der Waals surface area (Å²) >= 11 is 0. The summed E-state index contributed by atoms with van der Waals surface area (Å²) in [5, 5.41) is 10.4. The first-order chi connectivity index (χ1) is 6.09. The Hall–Kier alpha value is -1.63. The van der Waals surface area contributed by atoms with Gasteiger partial charge in [0.2, 0.25) is 0 Å². The molecule has 0 saturated heterocycles. The quantitative estimate of drug-likeness (QED) is 0.244. The van der Waals surface area contributed by atoms with Crippen LogP contribution in [0.4, 0.5) is 4.79 Å². The van der Waals surface area contributed by atoms with Crippen LogP contribution in [0.3, 0.4) is 0 Å². The molecule has 0 aromatic heterocycles. The summed E-state index contributed by atoms with van der Waals surface area (Å²) in [7, 11) is 3.58. The number of rotatable bonds is 2. The van der Waals surface area contributed by atoms with Crippen LogP contribution in [0.15, 0.2) is 10.2 Å². The molecule has 0 unspecified atom stereocenters. The van der Waals surface area contributed by atoms with E-state index in [1.807, 2.05) is 0 Å². The lowest BCUT2D eigenvalue weighted by molar-refractivity contribution is 0.203. The van der Waals surface area contributed by atoms with Crippen molar-refractivity contribution in [2.75, 3.05) is 20.6 Å². The third kappa shape index (κ3) is 2.71. The van der Waals surface area contributed by atoms with Crippen LogP contribution < -0.4 is 11.3 Å². The zero-order valence-electron chi connectivity index (χ0n) is 7.56. The minimum atomic E-state index is -0.415. The van der Waals surface area contributed by atoms with Crippen molar-refractivity contribution in [2.24, 2.45) is 16.0 Å². The van der Waals surface area contributed by atoms with Gasteiger partial charge in [0.05, 0.1) is 12.8 Å². The zero-order chi connectivity index (χ0) is 9.84. The van der Waals surface area contributed by atoms with Gasteiger partial charge in [-0.2, -0.15) is 10.2 Å². The summed E-state index contributed by atoms with van der Waals surface area (Å²) < 4.78 is 0. The molecule has 0 spiro atoms. The second-order valence-corrected chi connectivity index (χ2v) is 2.74. The summed E-state index contributed by atoms with van der Waals surface area (Å²) in [5.74, 6) is 5.34. The van der Waals surface area contributed by atoms with E-state index >= 15 is 0 Å². The lowest BCUT2D eigenvalue weighted by Gasteiger charge is -2.19. The Morgan fingerprint density at radius 1 is 1.77 bits per heavy atom. The summed E-state index contributed by atoms with van der Waals surface area (Å²) in [6, 6.07) is -0.415. The third-order valence-corrected chi connectivity index (χ3v) is 1.33. The number of nitrogens with two attached hydrogens (primary N) is 1. The second-order valence-electron chi connectivity index (χ2n) is 2.74. The molecule has 72 valence electrons. The van der Waals surface area contributed by atoms with Gasteiger partial charge in [0.1, 0.15) is 5.71 Å². The van der Waals surface area contributed by atoms with Crippen molar-refractivity contribution in [1.82, 2.24) is 15.4 Å². The Balaban J connectivity index is 2.58. The number of carbonyl (C=O) groups excluding carboxylic acids is 1. The predicted molar refractivity (Wildman–Crippen MR) is 49.0 cm³/mol. The molecule has 0 aliphatic carbocycles. The topological polar surface area (TPSA) is 86.3 Å². The van der Waals surface area contributed by atoms with Crippen LogP contribution in [0.2, 0.25) is 0 Å². The van der Waals surface area contributed by atoms with Gasteiger partial charge in [-0.15, -0.1) is 0 Å². The normalized spacial score (nSPS) is 17.3. The number of amides is 2. The summed E-state index contributed by atoms with van der Waals surface area (Å²) in [6.07, 6.45) is 1.54. The number of hydrazine groups is 1. The maximum absolute atomic E-state index is 10.8. The summed E-state index contributed by atoms with van der Waals surface area (Å²) in [6.45, 7) is 0.267. The first kappa shape index (κ1) is 9.46. The molecule has 0 fully saturated rings. The number of nitrogens with zero attached hydrogens (tertiary/aromatic N) is 4. The molecule has 0 atom stereocenters. The SMILES string of the molecule is CN(C)N=CC1=NNC(=O)N(N)C1. The Morgan fingerprint density at radius 2 is 2.46 bits per heavy atom. The molecular formula is C6H12N6O. The van der Waals surface area contributed by atoms with Crippen LogP contribution in [-0.2, 0) is 0 Å². The van der Waals surface area contributed by atoms with Crippen molar-refractivity contribution in [3.63, 3.8) is 0 Å². The Bertz CT molecular complexity index is 258. The van der Waals surface area contributed by atoms with Crippen molar-refractivity contribution in [1.29, 1.82) is 0 Å². The van der Waals surface area contributed by atoms with E-state index in [9.17, 15) is 4.79 Å². The number of nitrogens with one attached hydrogen (secondary N) is 1. The van der Waals surface area contributed by atoms with Crippen LogP contribution in [0, 0.1) is 0 Å². The van der Waals surface area contributed by atoms with E-state index < -0.39 is 6.03 Å². The van der Waals surface area contributed by atoms with E-state index in [4.69, 9.17) is 5.84 Å². The van der Waals surface area contributed by atoms with Gasteiger partial charge in [0, 0.05) is 14.1 Å². The van der Waals surface area contributed by atoms with E-state index in [0.29, 0.717) is 5.71 Å². The minimum Gasteiger partial charge on any atom is -0.303 e. The van der Waals surface area contributed by atoms with Crippen molar-refractivity contribution in [2.45, 2.75) is 0 Å². The van der Waals surface area contributed by atoms with Crippen LogP contribution in [-0.4, -0.2) is 48.6 Å². The van der Waals surface area contributed by atoms with Gasteiger partial charge in [0.15, 0.2) is 0 Å². The van der Waals surface area contributed by atoms with Crippen LogP contribution in [0.5, 0.6) is 0 Å². The number of carbonyl (C=O) groups is 1. The van der Waals surface area contributed by atoms with Crippen LogP contribution in [0.1, 0.15) is 0 Å². The standard InChI is InChI=1S/C6H12N6O/c1-11(2)8-3-5-4-12(7)6(13)10-9-5/h3H,4,7H2,1-2H3,(H,10,13). The molecule has 1 aliphatic rings. The van der Waals surface area contributed by atoms with Crippen molar-refractivity contribution < 1.29 is 4.79 Å². The smallest absolute Gasteiger partial charge is 0.303 e. The highest BCUT2D eigenvalue weighted by Crippen LogP contribution is 1.89. The monoisotopic (exact) mass is 184 g/mol. The highest BCUT2D eigenvalue weighted by Gasteiger charge is 2.15. The summed E-state index contributed by atoms with van der Waals surface area (Å²) in [4.78, 5) is 10.8. The van der Waals surface area contributed by atoms with Gasteiger partial charge in [-0.05, 0) is 0 Å². The molecule has 13 heavy (non-hydrogen) atoms. The van der Waals surface area contributed by atoms with Gasteiger partial charge in [-0.3, -0.25) is 5.01 Å². The fourth-order valence-electron chi connectivity index (χ4n) is 0.717. The lowest BCUT2D eigenvalue weighted by atomic mass is 10.4. The number of hydrazone groups is 2. The molecule has 1 rings (SSSR count). The maximum Gasteiger partial charge on any atom is 0.352 e. The van der Waals surface area contributed by atoms with Crippen molar-refractivity contribution in [3.8, 4) is 0 Å². The Kier molecular flexibility index (Phi) is 2.80. The average molecular weight is 184 g/mol. The molecule has 2 amide bonds. The molecule has 7 heteroatoms. The molecule has 0 saturated carbocycles. The fourth-order valence-corrected chi connectivity index (χ4v) is 0.717. The molecule has 1 aliphatic heterocycles. The van der Waals surface area contributed by atoms with Crippen molar-refractivity contribution in [3.05, 3.63) is 0 Å². The molecule has 0 bridgehead atoms.